The minimum atomic E-state index is -0.556. The maximum Gasteiger partial charge on any atom is 0.254 e. The predicted octanol–water partition coefficient (Wildman–Crippen LogP) is 1.63. The van der Waals surface area contributed by atoms with E-state index in [4.69, 9.17) is 11.5 Å². The molecule has 5 heteroatoms. The summed E-state index contributed by atoms with van der Waals surface area (Å²) in [5.41, 5.74) is 11.5. The van der Waals surface area contributed by atoms with E-state index in [1.807, 2.05) is 0 Å². The minimum Gasteiger partial charge on any atom is -0.383 e. The van der Waals surface area contributed by atoms with Crippen molar-refractivity contribution >= 4 is 11.7 Å². The Bertz CT molecular complexity index is 548. The summed E-state index contributed by atoms with van der Waals surface area (Å²) in [5.74, 6) is 3.03. The first kappa shape index (κ1) is 12.1. The molecule has 20 heavy (non-hydrogen) atoms. The molecule has 1 aromatic rings. The molecular formula is C15H20N4O. The van der Waals surface area contributed by atoms with Gasteiger partial charge in [-0.3, -0.25) is 4.79 Å². The standard InChI is InChI=1S/C15H20N4O/c16-12-11(13(17)20)7-18-14(19-12)15-4-8-1-9(5-15)3-10(2-8)6-15/h7-10H,1-6H2,(H2,17,20)(H2,16,18,19). The van der Waals surface area contributed by atoms with Crippen molar-refractivity contribution in [1.29, 1.82) is 0 Å². The Morgan fingerprint density at radius 2 is 1.70 bits per heavy atom. The van der Waals surface area contributed by atoms with Crippen molar-refractivity contribution in [1.82, 2.24) is 9.97 Å². The van der Waals surface area contributed by atoms with Gasteiger partial charge in [-0.05, 0) is 56.3 Å². The normalized spacial score (nSPS) is 38.1. The van der Waals surface area contributed by atoms with Gasteiger partial charge < -0.3 is 11.5 Å². The molecule has 0 radical (unpaired) electrons. The largest absolute Gasteiger partial charge is 0.383 e. The highest BCUT2D eigenvalue weighted by molar-refractivity contribution is 5.96. The van der Waals surface area contributed by atoms with Crippen molar-refractivity contribution in [2.45, 2.75) is 43.9 Å². The number of hydrogen-bond acceptors (Lipinski definition) is 4. The fraction of sp³-hybridized carbons (Fsp3) is 0.667. The topological polar surface area (TPSA) is 94.9 Å². The summed E-state index contributed by atoms with van der Waals surface area (Å²) in [6, 6.07) is 0. The first-order valence-corrected chi connectivity index (χ1v) is 7.48. The van der Waals surface area contributed by atoms with E-state index in [0.717, 1.165) is 23.6 Å². The SMILES string of the molecule is NC(=O)c1cnc(C23CC4CC(CC(C4)C2)C3)nc1N. The van der Waals surface area contributed by atoms with Gasteiger partial charge in [0, 0.05) is 11.6 Å². The molecule has 5 nitrogen and oxygen atoms in total. The zero-order valence-corrected chi connectivity index (χ0v) is 11.5. The van der Waals surface area contributed by atoms with Crippen molar-refractivity contribution in [2.24, 2.45) is 23.5 Å². The third-order valence-electron chi connectivity index (χ3n) is 5.60. The molecule has 1 heterocycles. The zero-order chi connectivity index (χ0) is 13.9. The lowest BCUT2D eigenvalue weighted by molar-refractivity contribution is -0.00935. The van der Waals surface area contributed by atoms with Crippen LogP contribution in [0.25, 0.3) is 0 Å². The molecular weight excluding hydrogens is 252 g/mol. The Morgan fingerprint density at radius 1 is 1.15 bits per heavy atom. The van der Waals surface area contributed by atoms with Crippen LogP contribution in [0.5, 0.6) is 0 Å². The molecule has 5 rings (SSSR count). The van der Waals surface area contributed by atoms with E-state index in [1.165, 1.54) is 44.7 Å². The number of rotatable bonds is 2. The first-order chi connectivity index (χ1) is 9.56. The van der Waals surface area contributed by atoms with E-state index in [0.29, 0.717) is 0 Å². The molecule has 4 N–H and O–H groups in total. The number of nitrogens with two attached hydrogens (primary N) is 2. The van der Waals surface area contributed by atoms with Crippen molar-refractivity contribution in [3.8, 4) is 0 Å². The third kappa shape index (κ3) is 1.65. The smallest absolute Gasteiger partial charge is 0.254 e. The molecule has 0 aromatic carbocycles. The van der Waals surface area contributed by atoms with E-state index in [2.05, 4.69) is 9.97 Å². The Kier molecular flexibility index (Phi) is 2.38. The highest BCUT2D eigenvalue weighted by Gasteiger charge is 2.53. The molecule has 4 aliphatic carbocycles. The lowest BCUT2D eigenvalue weighted by Gasteiger charge is -2.55. The summed E-state index contributed by atoms with van der Waals surface area (Å²) >= 11 is 0. The molecule has 0 saturated heterocycles. The number of anilines is 1. The minimum absolute atomic E-state index is 0.110. The molecule has 4 aliphatic rings. The van der Waals surface area contributed by atoms with Crippen LogP contribution in [0.3, 0.4) is 0 Å². The second-order valence-electron chi connectivity index (χ2n) is 7.05. The van der Waals surface area contributed by atoms with Crippen molar-refractivity contribution in [3.63, 3.8) is 0 Å². The van der Waals surface area contributed by atoms with Crippen molar-refractivity contribution < 1.29 is 4.79 Å². The van der Waals surface area contributed by atoms with Crippen LogP contribution in [-0.4, -0.2) is 15.9 Å². The second-order valence-corrected chi connectivity index (χ2v) is 7.05. The van der Waals surface area contributed by atoms with Crippen molar-refractivity contribution in [3.05, 3.63) is 17.6 Å². The predicted molar refractivity (Wildman–Crippen MR) is 74.8 cm³/mol. The lowest BCUT2D eigenvalue weighted by Crippen LogP contribution is -2.49. The summed E-state index contributed by atoms with van der Waals surface area (Å²) in [7, 11) is 0. The van der Waals surface area contributed by atoms with Gasteiger partial charge in [0.05, 0.1) is 5.56 Å². The Labute approximate surface area is 118 Å². The molecule has 0 aliphatic heterocycles. The number of primary amides is 1. The van der Waals surface area contributed by atoms with E-state index < -0.39 is 5.91 Å². The quantitative estimate of drug-likeness (QED) is 0.855. The van der Waals surface area contributed by atoms with Crippen LogP contribution >= 0.6 is 0 Å². The number of nitrogens with zero attached hydrogens (tertiary/aromatic N) is 2. The van der Waals surface area contributed by atoms with Gasteiger partial charge >= 0.3 is 0 Å². The van der Waals surface area contributed by atoms with Crippen molar-refractivity contribution in [2.75, 3.05) is 5.73 Å². The van der Waals surface area contributed by atoms with Gasteiger partial charge in [-0.2, -0.15) is 0 Å². The number of amides is 1. The Morgan fingerprint density at radius 3 is 2.15 bits per heavy atom. The van der Waals surface area contributed by atoms with Gasteiger partial charge in [0.2, 0.25) is 0 Å². The van der Waals surface area contributed by atoms with Gasteiger partial charge in [-0.15, -0.1) is 0 Å². The summed E-state index contributed by atoms with van der Waals surface area (Å²) in [4.78, 5) is 20.2. The zero-order valence-electron chi connectivity index (χ0n) is 11.5. The molecule has 4 saturated carbocycles. The van der Waals surface area contributed by atoms with E-state index in [-0.39, 0.29) is 16.8 Å². The summed E-state index contributed by atoms with van der Waals surface area (Å²) in [6.45, 7) is 0. The number of carbonyl (C=O) groups is 1. The molecule has 0 spiro atoms. The van der Waals surface area contributed by atoms with Crippen LogP contribution in [0.1, 0.15) is 54.7 Å². The highest BCUT2D eigenvalue weighted by atomic mass is 16.1. The Hall–Kier alpha value is -1.65. The number of hydrogen-bond donors (Lipinski definition) is 2. The van der Waals surface area contributed by atoms with E-state index >= 15 is 0 Å². The highest BCUT2D eigenvalue weighted by Crippen LogP contribution is 2.60. The third-order valence-corrected chi connectivity index (χ3v) is 5.60. The van der Waals surface area contributed by atoms with Crippen LogP contribution in [0.2, 0.25) is 0 Å². The maximum absolute atomic E-state index is 11.2. The van der Waals surface area contributed by atoms with Crippen LogP contribution in [0.4, 0.5) is 5.82 Å². The molecule has 0 atom stereocenters. The van der Waals surface area contributed by atoms with Gasteiger partial charge in [0.1, 0.15) is 11.6 Å². The second kappa shape index (κ2) is 3.93. The molecule has 106 valence electrons. The summed E-state index contributed by atoms with van der Waals surface area (Å²) < 4.78 is 0. The van der Waals surface area contributed by atoms with Crippen LogP contribution < -0.4 is 11.5 Å². The van der Waals surface area contributed by atoms with Gasteiger partial charge in [-0.1, -0.05) is 0 Å². The van der Waals surface area contributed by atoms with Gasteiger partial charge in [0.15, 0.2) is 0 Å². The van der Waals surface area contributed by atoms with Gasteiger partial charge in [-0.25, -0.2) is 9.97 Å². The number of carbonyl (C=O) groups excluding carboxylic acids is 1. The fourth-order valence-electron chi connectivity index (χ4n) is 5.22. The average molecular weight is 272 g/mol. The van der Waals surface area contributed by atoms with E-state index in [1.54, 1.807) is 0 Å². The van der Waals surface area contributed by atoms with Crippen LogP contribution in [0, 0.1) is 17.8 Å². The number of nitrogen functional groups attached to an aromatic ring is 1. The lowest BCUT2D eigenvalue weighted by atomic mass is 9.49. The van der Waals surface area contributed by atoms with E-state index in [9.17, 15) is 4.79 Å². The Balaban J connectivity index is 1.74. The maximum atomic E-state index is 11.2. The van der Waals surface area contributed by atoms with Crippen LogP contribution in [0.15, 0.2) is 6.20 Å². The van der Waals surface area contributed by atoms with Gasteiger partial charge in [0.25, 0.3) is 5.91 Å². The molecule has 4 bridgehead atoms. The molecule has 4 fully saturated rings. The monoisotopic (exact) mass is 272 g/mol. The fourth-order valence-corrected chi connectivity index (χ4v) is 5.22. The molecule has 1 aromatic heterocycles. The summed E-state index contributed by atoms with van der Waals surface area (Å²) in [6.07, 6.45) is 9.23. The number of aromatic nitrogens is 2. The first-order valence-electron chi connectivity index (χ1n) is 7.48. The summed E-state index contributed by atoms with van der Waals surface area (Å²) in [5, 5.41) is 0. The molecule has 0 unspecified atom stereocenters. The molecule has 1 amide bonds. The van der Waals surface area contributed by atoms with Crippen LogP contribution in [-0.2, 0) is 5.41 Å². The average Bonchev–Trinajstić information content (AvgIpc) is 2.36.